The van der Waals surface area contributed by atoms with Crippen molar-refractivity contribution < 1.29 is 32.6 Å². The number of hydrogen-bond donors (Lipinski definition) is 2. The van der Waals surface area contributed by atoms with Crippen LogP contribution < -0.4 is 0 Å². The van der Waals surface area contributed by atoms with E-state index in [0.717, 1.165) is 6.07 Å². The number of aliphatic hydroxyl groups excluding tert-OH is 1. The van der Waals surface area contributed by atoms with Crippen LogP contribution in [0.5, 0.6) is 0 Å². The van der Waals surface area contributed by atoms with Gasteiger partial charge in [0.2, 0.25) is 0 Å². The molecule has 1 atom stereocenters. The first-order valence-corrected chi connectivity index (χ1v) is 4.97. The Kier molecular flexibility index (Phi) is 4.28. The lowest BCUT2D eigenvalue weighted by Gasteiger charge is -2.13. The molecule has 0 aromatic heterocycles. The number of rotatable bonds is 4. The van der Waals surface area contributed by atoms with Gasteiger partial charge in [-0.05, 0) is 30.2 Å². The predicted molar refractivity (Wildman–Crippen MR) is 53.2 cm³/mol. The van der Waals surface area contributed by atoms with Crippen LogP contribution in [-0.4, -0.2) is 16.2 Å². The summed E-state index contributed by atoms with van der Waals surface area (Å²) < 4.78 is 50.1. The second kappa shape index (κ2) is 5.34. The molecule has 0 aliphatic heterocycles. The molecule has 1 unspecified atom stereocenters. The smallest absolute Gasteiger partial charge is 0.416 e. The van der Waals surface area contributed by atoms with Crippen molar-refractivity contribution in [2.75, 3.05) is 0 Å². The molecule has 0 saturated carbocycles. The van der Waals surface area contributed by atoms with Crippen LogP contribution in [0.25, 0.3) is 0 Å². The summed E-state index contributed by atoms with van der Waals surface area (Å²) >= 11 is 0. The van der Waals surface area contributed by atoms with Gasteiger partial charge in [-0.1, -0.05) is 0 Å². The maximum Gasteiger partial charge on any atom is 0.416 e. The van der Waals surface area contributed by atoms with Gasteiger partial charge in [0.25, 0.3) is 0 Å². The first-order valence-electron chi connectivity index (χ1n) is 4.97. The van der Waals surface area contributed by atoms with E-state index in [4.69, 9.17) is 5.11 Å². The topological polar surface area (TPSA) is 57.5 Å². The Bertz CT molecular complexity index is 442. The maximum atomic E-state index is 13.0. The van der Waals surface area contributed by atoms with E-state index in [1.807, 2.05) is 0 Å². The summed E-state index contributed by atoms with van der Waals surface area (Å²) in [5, 5.41) is 17.9. The molecule has 0 heterocycles. The van der Waals surface area contributed by atoms with Gasteiger partial charge in [0.1, 0.15) is 5.82 Å². The molecule has 0 saturated heterocycles. The van der Waals surface area contributed by atoms with Crippen molar-refractivity contribution in [3.8, 4) is 0 Å². The van der Waals surface area contributed by atoms with E-state index in [-0.39, 0.29) is 12.0 Å². The highest BCUT2D eigenvalue weighted by Gasteiger charge is 2.31. The van der Waals surface area contributed by atoms with Gasteiger partial charge in [0.05, 0.1) is 11.7 Å². The van der Waals surface area contributed by atoms with Crippen molar-refractivity contribution in [3.63, 3.8) is 0 Å². The van der Waals surface area contributed by atoms with Gasteiger partial charge in [-0.3, -0.25) is 4.79 Å². The van der Waals surface area contributed by atoms with Crippen LogP contribution in [0.3, 0.4) is 0 Å². The average Bonchev–Trinajstić information content (AvgIpc) is 2.23. The normalized spacial score (nSPS) is 13.4. The van der Waals surface area contributed by atoms with E-state index < -0.39 is 36.1 Å². The van der Waals surface area contributed by atoms with E-state index >= 15 is 0 Å². The molecule has 0 radical (unpaired) electrons. The standard InChI is InChI=1S/C11H10F4O3/c12-8-4-6(9(16)1-2-10(17)18)3-7(5-8)11(13,14)15/h3-5,9,16H,1-2H2,(H,17,18). The van der Waals surface area contributed by atoms with Gasteiger partial charge in [-0.25, -0.2) is 4.39 Å². The maximum absolute atomic E-state index is 13.0. The Labute approximate surface area is 99.7 Å². The molecule has 0 bridgehead atoms. The lowest BCUT2D eigenvalue weighted by atomic mass is 10.0. The molecule has 1 rings (SSSR count). The van der Waals surface area contributed by atoms with E-state index in [9.17, 15) is 27.5 Å². The van der Waals surface area contributed by atoms with Crippen molar-refractivity contribution >= 4 is 5.97 Å². The number of benzene rings is 1. The number of carboxylic acid groups (broad SMARTS) is 1. The Morgan fingerprint density at radius 1 is 1.28 bits per heavy atom. The minimum absolute atomic E-state index is 0.282. The fourth-order valence-corrected chi connectivity index (χ4v) is 1.40. The number of carbonyl (C=O) groups is 1. The monoisotopic (exact) mass is 266 g/mol. The lowest BCUT2D eigenvalue weighted by Crippen LogP contribution is -2.09. The van der Waals surface area contributed by atoms with Gasteiger partial charge in [-0.2, -0.15) is 13.2 Å². The highest BCUT2D eigenvalue weighted by atomic mass is 19.4. The molecule has 1 aromatic rings. The van der Waals surface area contributed by atoms with Crippen molar-refractivity contribution in [1.82, 2.24) is 0 Å². The number of aliphatic hydroxyl groups is 1. The zero-order valence-corrected chi connectivity index (χ0v) is 9.04. The zero-order chi connectivity index (χ0) is 13.9. The molecule has 3 nitrogen and oxygen atoms in total. The largest absolute Gasteiger partial charge is 0.481 e. The van der Waals surface area contributed by atoms with Crippen LogP contribution in [0.1, 0.15) is 30.1 Å². The fraction of sp³-hybridized carbons (Fsp3) is 0.364. The molecule has 0 fully saturated rings. The van der Waals surface area contributed by atoms with Gasteiger partial charge in [-0.15, -0.1) is 0 Å². The third-order valence-electron chi connectivity index (χ3n) is 2.26. The molecule has 100 valence electrons. The number of carboxylic acids is 1. The number of halogens is 4. The molecule has 1 aromatic carbocycles. The molecular weight excluding hydrogens is 256 g/mol. The van der Waals surface area contributed by atoms with Gasteiger partial charge in [0.15, 0.2) is 0 Å². The minimum Gasteiger partial charge on any atom is -0.481 e. The molecule has 18 heavy (non-hydrogen) atoms. The van der Waals surface area contributed by atoms with Crippen molar-refractivity contribution in [1.29, 1.82) is 0 Å². The van der Waals surface area contributed by atoms with E-state index in [2.05, 4.69) is 0 Å². The Balaban J connectivity index is 2.95. The summed E-state index contributed by atoms with van der Waals surface area (Å²) in [5.74, 6) is -2.32. The van der Waals surface area contributed by atoms with Crippen molar-refractivity contribution in [2.24, 2.45) is 0 Å². The average molecular weight is 266 g/mol. The van der Waals surface area contributed by atoms with E-state index in [1.54, 1.807) is 0 Å². The van der Waals surface area contributed by atoms with E-state index in [0.29, 0.717) is 12.1 Å². The predicted octanol–water partition coefficient (Wildman–Crippen LogP) is 2.74. The summed E-state index contributed by atoms with van der Waals surface area (Å²) in [6.07, 6.45) is -6.86. The van der Waals surface area contributed by atoms with Crippen LogP contribution in [0, 0.1) is 5.82 Å². The molecular formula is C11H10F4O3. The zero-order valence-electron chi connectivity index (χ0n) is 9.04. The van der Waals surface area contributed by atoms with Crippen molar-refractivity contribution in [3.05, 3.63) is 35.1 Å². The highest BCUT2D eigenvalue weighted by molar-refractivity contribution is 5.66. The first-order chi connectivity index (χ1) is 8.20. The van der Waals surface area contributed by atoms with Gasteiger partial charge in [0, 0.05) is 6.42 Å². The summed E-state index contributed by atoms with van der Waals surface area (Å²) in [6, 6.07) is 1.67. The minimum atomic E-state index is -4.72. The number of alkyl halides is 3. The van der Waals surface area contributed by atoms with Gasteiger partial charge < -0.3 is 10.2 Å². The Morgan fingerprint density at radius 3 is 2.39 bits per heavy atom. The fourth-order valence-electron chi connectivity index (χ4n) is 1.40. The third-order valence-corrected chi connectivity index (χ3v) is 2.26. The number of aliphatic carboxylic acids is 1. The summed E-state index contributed by atoms with van der Waals surface area (Å²) in [6.45, 7) is 0. The van der Waals surface area contributed by atoms with Crippen molar-refractivity contribution in [2.45, 2.75) is 25.1 Å². The second-order valence-corrected chi connectivity index (χ2v) is 3.72. The van der Waals surface area contributed by atoms with Crippen LogP contribution in [0.2, 0.25) is 0 Å². The molecule has 0 aliphatic carbocycles. The van der Waals surface area contributed by atoms with Crippen LogP contribution in [0.4, 0.5) is 17.6 Å². The van der Waals surface area contributed by atoms with E-state index in [1.165, 1.54) is 0 Å². The number of hydrogen-bond acceptors (Lipinski definition) is 2. The van der Waals surface area contributed by atoms with Gasteiger partial charge >= 0.3 is 12.1 Å². The quantitative estimate of drug-likeness (QED) is 0.824. The molecule has 2 N–H and O–H groups in total. The molecule has 0 amide bonds. The lowest BCUT2D eigenvalue weighted by molar-refractivity contribution is -0.139. The first kappa shape index (κ1) is 14.4. The van der Waals surface area contributed by atoms with Crippen LogP contribution in [-0.2, 0) is 11.0 Å². The Hall–Kier alpha value is -1.63. The summed E-state index contributed by atoms with van der Waals surface area (Å²) in [4.78, 5) is 10.3. The van der Waals surface area contributed by atoms with Crippen LogP contribution >= 0.6 is 0 Å². The molecule has 0 spiro atoms. The third kappa shape index (κ3) is 3.99. The summed E-state index contributed by atoms with van der Waals surface area (Å²) in [5.41, 5.74) is -1.50. The highest BCUT2D eigenvalue weighted by Crippen LogP contribution is 2.32. The molecule has 0 aliphatic rings. The SMILES string of the molecule is O=C(O)CCC(O)c1cc(F)cc(C(F)(F)F)c1. The second-order valence-electron chi connectivity index (χ2n) is 3.72. The summed E-state index contributed by atoms with van der Waals surface area (Å²) in [7, 11) is 0. The Morgan fingerprint density at radius 2 is 1.89 bits per heavy atom. The molecule has 7 heteroatoms. The van der Waals surface area contributed by atoms with Crippen LogP contribution in [0.15, 0.2) is 18.2 Å².